The number of hydrogen-bond donors (Lipinski definition) is 2. The van der Waals surface area contributed by atoms with Crippen LogP contribution in [0.1, 0.15) is 29.8 Å². The summed E-state index contributed by atoms with van der Waals surface area (Å²) in [7, 11) is 0. The van der Waals surface area contributed by atoms with Crippen molar-refractivity contribution in [3.63, 3.8) is 0 Å². The number of nitrogens with one attached hydrogen (secondary N) is 1. The quantitative estimate of drug-likeness (QED) is 0.617. The van der Waals surface area contributed by atoms with Gasteiger partial charge in [0, 0.05) is 18.7 Å². The second kappa shape index (κ2) is 9.11. The van der Waals surface area contributed by atoms with Gasteiger partial charge in [-0.05, 0) is 24.1 Å². The topological polar surface area (TPSA) is 64.3 Å². The minimum atomic E-state index is -0.437. The molecular weight excluding hydrogens is 271 g/mol. The predicted octanol–water partition coefficient (Wildman–Crippen LogP) is 1.54. The third-order valence-electron chi connectivity index (χ3n) is 2.53. The maximum Gasteiger partial charge on any atom is 0.252 e. The summed E-state index contributed by atoms with van der Waals surface area (Å²) in [4.78, 5) is 12.0. The van der Waals surface area contributed by atoms with Crippen LogP contribution in [0.2, 0.25) is 0 Å². The van der Waals surface area contributed by atoms with Crippen molar-refractivity contribution in [2.24, 2.45) is 11.7 Å². The summed E-state index contributed by atoms with van der Waals surface area (Å²) in [6.45, 7) is 5.75. The maximum atomic E-state index is 13.2. The van der Waals surface area contributed by atoms with Gasteiger partial charge in [-0.15, -0.1) is 0 Å². The largest absolute Gasteiger partial charge is 0.379 e. The molecule has 0 heterocycles. The van der Waals surface area contributed by atoms with E-state index in [4.69, 9.17) is 10.5 Å². The van der Waals surface area contributed by atoms with Crippen molar-refractivity contribution in [2.75, 3.05) is 26.3 Å². The monoisotopic (exact) mass is 292 g/mol. The van der Waals surface area contributed by atoms with Gasteiger partial charge in [0.25, 0.3) is 5.91 Å². The fraction of sp³-hybridized carbons (Fsp3) is 0.438. The highest BCUT2D eigenvalue weighted by atomic mass is 19.1. The summed E-state index contributed by atoms with van der Waals surface area (Å²) >= 11 is 0. The molecule has 0 atom stereocenters. The number of ether oxygens (including phenoxy) is 1. The fourth-order valence-electron chi connectivity index (χ4n) is 1.62. The van der Waals surface area contributed by atoms with Crippen LogP contribution in [-0.4, -0.2) is 32.2 Å². The average molecular weight is 292 g/mol. The highest BCUT2D eigenvalue weighted by Gasteiger charge is 2.10. The minimum Gasteiger partial charge on any atom is -0.379 e. The number of hydrogen-bond acceptors (Lipinski definition) is 3. The first-order valence-electron chi connectivity index (χ1n) is 6.89. The van der Waals surface area contributed by atoms with Gasteiger partial charge in [0.15, 0.2) is 0 Å². The van der Waals surface area contributed by atoms with E-state index in [0.29, 0.717) is 36.8 Å². The van der Waals surface area contributed by atoms with E-state index in [-0.39, 0.29) is 12.5 Å². The zero-order valence-electron chi connectivity index (χ0n) is 12.4. The number of benzene rings is 1. The molecule has 3 N–H and O–H groups in total. The molecule has 4 nitrogen and oxygen atoms in total. The van der Waals surface area contributed by atoms with Crippen LogP contribution in [0.3, 0.4) is 0 Å². The molecule has 0 fully saturated rings. The molecule has 0 saturated carbocycles. The van der Waals surface area contributed by atoms with Crippen LogP contribution in [0, 0.1) is 23.6 Å². The molecule has 5 heteroatoms. The highest BCUT2D eigenvalue weighted by molar-refractivity contribution is 5.96. The molecule has 1 amide bonds. The third kappa shape index (κ3) is 6.39. The van der Waals surface area contributed by atoms with E-state index in [1.165, 1.54) is 18.2 Å². The van der Waals surface area contributed by atoms with Crippen LogP contribution in [-0.2, 0) is 4.74 Å². The standard InChI is InChI=1S/C16H21FN2O2/c1-12(2)11-21-9-8-19-16(20)15-6-5-14(17)10-13(15)4-3-7-18/h5-6,10,12H,7-9,11,18H2,1-2H3,(H,19,20). The molecule has 21 heavy (non-hydrogen) atoms. The van der Waals surface area contributed by atoms with Crippen molar-refractivity contribution in [3.8, 4) is 11.8 Å². The molecule has 0 radical (unpaired) electrons. The Kier molecular flexibility index (Phi) is 7.44. The van der Waals surface area contributed by atoms with Gasteiger partial charge in [-0.3, -0.25) is 4.79 Å². The lowest BCUT2D eigenvalue weighted by Gasteiger charge is -2.09. The fourth-order valence-corrected chi connectivity index (χ4v) is 1.62. The molecule has 0 saturated heterocycles. The van der Waals surface area contributed by atoms with Crippen LogP contribution in [0.5, 0.6) is 0 Å². The Bertz CT molecular complexity index is 533. The van der Waals surface area contributed by atoms with Gasteiger partial charge in [-0.1, -0.05) is 25.7 Å². The number of carbonyl (C=O) groups excluding carboxylic acids is 1. The van der Waals surface area contributed by atoms with Gasteiger partial charge >= 0.3 is 0 Å². The van der Waals surface area contributed by atoms with Crippen molar-refractivity contribution in [1.82, 2.24) is 5.32 Å². The van der Waals surface area contributed by atoms with Crippen molar-refractivity contribution >= 4 is 5.91 Å². The van der Waals surface area contributed by atoms with Crippen LogP contribution in [0.25, 0.3) is 0 Å². The van der Waals surface area contributed by atoms with E-state index in [1.807, 2.05) is 0 Å². The maximum absolute atomic E-state index is 13.2. The first kappa shape index (κ1) is 17.2. The van der Waals surface area contributed by atoms with Gasteiger partial charge in [0.1, 0.15) is 5.82 Å². The minimum absolute atomic E-state index is 0.153. The molecule has 0 bridgehead atoms. The first-order chi connectivity index (χ1) is 10.0. The first-order valence-corrected chi connectivity index (χ1v) is 6.89. The van der Waals surface area contributed by atoms with Gasteiger partial charge in [0.05, 0.1) is 18.7 Å². The van der Waals surface area contributed by atoms with Crippen LogP contribution in [0.4, 0.5) is 4.39 Å². The van der Waals surface area contributed by atoms with E-state index in [9.17, 15) is 9.18 Å². The van der Waals surface area contributed by atoms with Gasteiger partial charge in [-0.2, -0.15) is 0 Å². The Balaban J connectivity index is 2.61. The van der Waals surface area contributed by atoms with E-state index in [2.05, 4.69) is 31.0 Å². The van der Waals surface area contributed by atoms with Gasteiger partial charge in [0.2, 0.25) is 0 Å². The predicted molar refractivity (Wildman–Crippen MR) is 80.3 cm³/mol. The average Bonchev–Trinajstić information content (AvgIpc) is 2.44. The second-order valence-electron chi connectivity index (χ2n) is 4.92. The SMILES string of the molecule is CC(C)COCCNC(=O)c1ccc(F)cc1C#CCN. The Labute approximate surface area is 124 Å². The van der Waals surface area contributed by atoms with E-state index in [1.54, 1.807) is 0 Å². The lowest BCUT2D eigenvalue weighted by molar-refractivity contribution is 0.0886. The molecule has 0 aliphatic carbocycles. The number of rotatable bonds is 6. The summed E-state index contributed by atoms with van der Waals surface area (Å²) in [6, 6.07) is 3.88. The Morgan fingerprint density at radius 1 is 1.48 bits per heavy atom. The van der Waals surface area contributed by atoms with E-state index >= 15 is 0 Å². The molecule has 1 rings (SSSR count). The lowest BCUT2D eigenvalue weighted by atomic mass is 10.1. The molecule has 1 aromatic carbocycles. The summed E-state index contributed by atoms with van der Waals surface area (Å²) in [6.07, 6.45) is 0. The molecule has 0 aliphatic rings. The van der Waals surface area contributed by atoms with E-state index < -0.39 is 5.82 Å². The van der Waals surface area contributed by atoms with Crippen molar-refractivity contribution in [1.29, 1.82) is 0 Å². The smallest absolute Gasteiger partial charge is 0.252 e. The molecular formula is C16H21FN2O2. The molecule has 0 spiro atoms. The molecule has 114 valence electrons. The van der Waals surface area contributed by atoms with Crippen molar-refractivity contribution in [2.45, 2.75) is 13.8 Å². The van der Waals surface area contributed by atoms with Crippen molar-refractivity contribution in [3.05, 3.63) is 35.1 Å². The number of halogens is 1. The Hall–Kier alpha value is -1.90. The van der Waals surface area contributed by atoms with Gasteiger partial charge in [-0.25, -0.2) is 4.39 Å². The summed E-state index contributed by atoms with van der Waals surface area (Å²) in [5, 5.41) is 2.72. The molecule has 0 unspecified atom stereocenters. The zero-order chi connectivity index (χ0) is 15.7. The van der Waals surface area contributed by atoms with Crippen LogP contribution >= 0.6 is 0 Å². The highest BCUT2D eigenvalue weighted by Crippen LogP contribution is 2.10. The zero-order valence-corrected chi connectivity index (χ0v) is 12.4. The number of nitrogens with two attached hydrogens (primary N) is 1. The Morgan fingerprint density at radius 2 is 2.24 bits per heavy atom. The number of carbonyl (C=O) groups is 1. The summed E-state index contributed by atoms with van der Waals surface area (Å²) < 4.78 is 18.6. The second-order valence-corrected chi connectivity index (χ2v) is 4.92. The normalized spacial score (nSPS) is 10.1. The van der Waals surface area contributed by atoms with Crippen LogP contribution < -0.4 is 11.1 Å². The molecule has 0 aliphatic heterocycles. The summed E-state index contributed by atoms with van der Waals surface area (Å²) in [5.74, 6) is 5.04. The summed E-state index contributed by atoms with van der Waals surface area (Å²) in [5.41, 5.74) is 5.96. The third-order valence-corrected chi connectivity index (χ3v) is 2.53. The lowest BCUT2D eigenvalue weighted by Crippen LogP contribution is -2.28. The molecule has 1 aromatic rings. The van der Waals surface area contributed by atoms with Crippen LogP contribution in [0.15, 0.2) is 18.2 Å². The Morgan fingerprint density at radius 3 is 2.90 bits per heavy atom. The van der Waals surface area contributed by atoms with Gasteiger partial charge < -0.3 is 15.8 Å². The van der Waals surface area contributed by atoms with Crippen molar-refractivity contribution < 1.29 is 13.9 Å². The van der Waals surface area contributed by atoms with E-state index in [0.717, 1.165) is 0 Å². The number of amides is 1. The molecule has 0 aromatic heterocycles.